The normalized spacial score (nSPS) is 11.0. The Hall–Kier alpha value is -3.39. The number of carbonyl (C=O) groups excluding carboxylic acids is 2. The summed E-state index contributed by atoms with van der Waals surface area (Å²) in [5.41, 5.74) is 5.08. The van der Waals surface area contributed by atoms with Gasteiger partial charge in [-0.2, -0.15) is 0 Å². The van der Waals surface area contributed by atoms with Crippen LogP contribution in [0, 0.1) is 5.82 Å². The number of nitrogens with one attached hydrogen (secondary N) is 3. The van der Waals surface area contributed by atoms with E-state index in [2.05, 4.69) is 31.1 Å². The molecular formula is C18H13F4N5O3S2. The van der Waals surface area contributed by atoms with Crippen LogP contribution in [0.5, 0.6) is 5.75 Å². The van der Waals surface area contributed by atoms with Gasteiger partial charge in [-0.1, -0.05) is 23.1 Å². The Kier molecular flexibility index (Phi) is 7.48. The molecule has 0 bridgehead atoms. The van der Waals surface area contributed by atoms with Gasteiger partial charge in [0.25, 0.3) is 5.91 Å². The molecule has 0 aliphatic rings. The van der Waals surface area contributed by atoms with Gasteiger partial charge in [0, 0.05) is 11.3 Å². The highest BCUT2D eigenvalue weighted by atomic mass is 32.2. The molecule has 168 valence electrons. The number of nitrogens with zero attached hydrogens (tertiary/aromatic N) is 2. The first kappa shape index (κ1) is 23.3. The summed E-state index contributed by atoms with van der Waals surface area (Å²) in [6.45, 7) is 0. The Morgan fingerprint density at radius 3 is 2.34 bits per heavy atom. The number of rotatable bonds is 7. The lowest BCUT2D eigenvalue weighted by Crippen LogP contribution is -2.42. The van der Waals surface area contributed by atoms with Crippen LogP contribution in [0.4, 0.5) is 28.4 Å². The van der Waals surface area contributed by atoms with E-state index in [0.29, 0.717) is 15.2 Å². The number of hydrazine groups is 1. The molecule has 0 unspecified atom stereocenters. The average molecular weight is 487 g/mol. The number of aromatic nitrogens is 2. The lowest BCUT2D eigenvalue weighted by atomic mass is 10.2. The van der Waals surface area contributed by atoms with Crippen LogP contribution in [0.25, 0.3) is 0 Å². The second kappa shape index (κ2) is 10.3. The van der Waals surface area contributed by atoms with Crippen LogP contribution in [0.3, 0.4) is 0 Å². The number of alkyl halides is 3. The summed E-state index contributed by atoms with van der Waals surface area (Å²) in [5, 5.41) is 11.0. The molecule has 0 saturated carbocycles. The van der Waals surface area contributed by atoms with Crippen LogP contribution in [0.1, 0.15) is 10.4 Å². The maximum absolute atomic E-state index is 12.9. The number of ether oxygens (including phenoxy) is 1. The monoisotopic (exact) mass is 487 g/mol. The van der Waals surface area contributed by atoms with Crippen LogP contribution in [0.15, 0.2) is 52.9 Å². The van der Waals surface area contributed by atoms with Crippen molar-refractivity contribution in [2.24, 2.45) is 0 Å². The Labute approximate surface area is 186 Å². The zero-order chi connectivity index (χ0) is 23.1. The van der Waals surface area contributed by atoms with Crippen LogP contribution in [-0.4, -0.2) is 34.1 Å². The second-order valence-corrected chi connectivity index (χ2v) is 8.07. The topological polar surface area (TPSA) is 105 Å². The van der Waals surface area contributed by atoms with Gasteiger partial charge in [0.1, 0.15) is 11.6 Å². The number of carbonyl (C=O) groups is 2. The minimum atomic E-state index is -4.77. The number of thioether (sulfide) groups is 1. The van der Waals surface area contributed by atoms with Crippen molar-refractivity contribution in [1.82, 2.24) is 21.0 Å². The molecule has 0 saturated heterocycles. The molecule has 0 spiro atoms. The molecule has 3 rings (SSSR count). The van der Waals surface area contributed by atoms with E-state index in [0.717, 1.165) is 47.4 Å². The van der Waals surface area contributed by atoms with Crippen molar-refractivity contribution in [2.75, 3.05) is 11.1 Å². The van der Waals surface area contributed by atoms with E-state index in [1.165, 1.54) is 24.3 Å². The molecule has 32 heavy (non-hydrogen) atoms. The van der Waals surface area contributed by atoms with E-state index < -0.39 is 24.0 Å². The van der Waals surface area contributed by atoms with Gasteiger partial charge in [0.05, 0.1) is 5.75 Å². The molecular weight excluding hydrogens is 474 g/mol. The molecule has 0 radical (unpaired) electrons. The average Bonchev–Trinajstić information content (AvgIpc) is 3.18. The van der Waals surface area contributed by atoms with Gasteiger partial charge in [-0.05, 0) is 48.5 Å². The van der Waals surface area contributed by atoms with Crippen LogP contribution < -0.4 is 20.9 Å². The van der Waals surface area contributed by atoms with Crippen molar-refractivity contribution < 1.29 is 31.9 Å². The van der Waals surface area contributed by atoms with E-state index in [-0.39, 0.29) is 17.1 Å². The standard InChI is InChI=1S/C18H13F4N5O3S2/c19-11-3-1-10(2-4-11)15(29)25-24-14(28)9-31-17-27-26-16(32-17)23-12-5-7-13(8-6-12)30-18(20,21)22/h1-8H,9H2,(H,23,26)(H,24,28)(H,25,29). The molecule has 0 aliphatic carbocycles. The summed E-state index contributed by atoms with van der Waals surface area (Å²) in [5.74, 6) is -2.01. The van der Waals surface area contributed by atoms with Crippen molar-refractivity contribution in [3.63, 3.8) is 0 Å². The summed E-state index contributed by atoms with van der Waals surface area (Å²) < 4.78 is 53.6. The molecule has 14 heteroatoms. The summed E-state index contributed by atoms with van der Waals surface area (Å²) >= 11 is 2.19. The fraction of sp³-hybridized carbons (Fsp3) is 0.111. The minimum Gasteiger partial charge on any atom is -0.406 e. The van der Waals surface area contributed by atoms with Gasteiger partial charge in [-0.3, -0.25) is 20.4 Å². The first-order valence-corrected chi connectivity index (χ1v) is 10.4. The molecule has 2 amide bonds. The molecule has 3 N–H and O–H groups in total. The number of halogens is 4. The second-order valence-electron chi connectivity index (χ2n) is 5.87. The van der Waals surface area contributed by atoms with Crippen molar-refractivity contribution in [3.05, 3.63) is 59.9 Å². The fourth-order valence-corrected chi connectivity index (χ4v) is 3.72. The van der Waals surface area contributed by atoms with E-state index in [9.17, 15) is 27.2 Å². The lowest BCUT2D eigenvalue weighted by Gasteiger charge is -2.09. The predicted octanol–water partition coefficient (Wildman–Crippen LogP) is 3.87. The van der Waals surface area contributed by atoms with Gasteiger partial charge in [-0.25, -0.2) is 4.39 Å². The molecule has 1 heterocycles. The third-order valence-corrected chi connectivity index (χ3v) is 5.47. The van der Waals surface area contributed by atoms with Crippen LogP contribution in [-0.2, 0) is 4.79 Å². The smallest absolute Gasteiger partial charge is 0.406 e. The van der Waals surface area contributed by atoms with Crippen molar-refractivity contribution in [1.29, 1.82) is 0 Å². The predicted molar refractivity (Wildman–Crippen MR) is 109 cm³/mol. The summed E-state index contributed by atoms with van der Waals surface area (Å²) in [6.07, 6.45) is -4.77. The number of hydrogen-bond acceptors (Lipinski definition) is 8. The van der Waals surface area contributed by atoms with Gasteiger partial charge in [0.15, 0.2) is 4.34 Å². The van der Waals surface area contributed by atoms with Gasteiger partial charge >= 0.3 is 6.36 Å². The van der Waals surface area contributed by atoms with Gasteiger partial charge in [0.2, 0.25) is 11.0 Å². The largest absolute Gasteiger partial charge is 0.573 e. The number of anilines is 2. The minimum absolute atomic E-state index is 0.0676. The molecule has 0 aliphatic heterocycles. The summed E-state index contributed by atoms with van der Waals surface area (Å²) in [4.78, 5) is 23.7. The number of benzene rings is 2. The third-order valence-electron chi connectivity index (χ3n) is 3.49. The summed E-state index contributed by atoms with van der Waals surface area (Å²) in [6, 6.07) is 9.86. The van der Waals surface area contributed by atoms with Crippen LogP contribution >= 0.6 is 23.1 Å². The summed E-state index contributed by atoms with van der Waals surface area (Å²) in [7, 11) is 0. The van der Waals surface area contributed by atoms with Gasteiger partial charge < -0.3 is 10.1 Å². The number of hydrogen-bond donors (Lipinski definition) is 3. The number of amides is 2. The molecule has 3 aromatic rings. The molecule has 0 atom stereocenters. The Morgan fingerprint density at radius 2 is 1.69 bits per heavy atom. The highest BCUT2D eigenvalue weighted by molar-refractivity contribution is 8.01. The fourth-order valence-electron chi connectivity index (χ4n) is 2.15. The molecule has 8 nitrogen and oxygen atoms in total. The zero-order valence-electron chi connectivity index (χ0n) is 15.8. The lowest BCUT2D eigenvalue weighted by molar-refractivity contribution is -0.274. The third kappa shape index (κ3) is 7.39. The van der Waals surface area contributed by atoms with Crippen molar-refractivity contribution in [3.8, 4) is 5.75 Å². The Morgan fingerprint density at radius 1 is 1.00 bits per heavy atom. The first-order chi connectivity index (χ1) is 15.2. The van der Waals surface area contributed by atoms with E-state index in [1.54, 1.807) is 0 Å². The first-order valence-electron chi connectivity index (χ1n) is 8.62. The van der Waals surface area contributed by atoms with E-state index >= 15 is 0 Å². The Bertz CT molecular complexity index is 1080. The quantitative estimate of drug-likeness (QED) is 0.264. The zero-order valence-corrected chi connectivity index (χ0v) is 17.4. The molecule has 2 aromatic carbocycles. The SMILES string of the molecule is O=C(CSc1nnc(Nc2ccc(OC(F)(F)F)cc2)s1)NNC(=O)c1ccc(F)cc1. The van der Waals surface area contributed by atoms with Crippen molar-refractivity contribution >= 4 is 45.7 Å². The van der Waals surface area contributed by atoms with E-state index in [1.807, 2.05) is 0 Å². The van der Waals surface area contributed by atoms with Crippen LogP contribution in [0.2, 0.25) is 0 Å². The van der Waals surface area contributed by atoms with E-state index in [4.69, 9.17) is 0 Å². The maximum Gasteiger partial charge on any atom is 0.573 e. The van der Waals surface area contributed by atoms with Gasteiger partial charge in [-0.15, -0.1) is 23.4 Å². The molecule has 0 fully saturated rings. The highest BCUT2D eigenvalue weighted by Gasteiger charge is 2.30. The highest BCUT2D eigenvalue weighted by Crippen LogP contribution is 2.29. The molecule has 1 aromatic heterocycles. The maximum atomic E-state index is 12.9. The van der Waals surface area contributed by atoms with Crippen molar-refractivity contribution in [2.45, 2.75) is 10.7 Å². The Balaban J connectivity index is 1.43.